The third-order valence-corrected chi connectivity index (χ3v) is 2.04. The second kappa shape index (κ2) is 12.0. The molecule has 0 heterocycles. The third-order valence-electron chi connectivity index (χ3n) is 2.04. The molecule has 16 heavy (non-hydrogen) atoms. The molecule has 0 saturated heterocycles. The van der Waals surface area contributed by atoms with Crippen LogP contribution in [-0.4, -0.2) is 25.8 Å². The van der Waals surface area contributed by atoms with Crippen LogP contribution < -0.4 is 0 Å². The summed E-state index contributed by atoms with van der Waals surface area (Å²) in [6, 6.07) is 0. The zero-order valence-electron chi connectivity index (χ0n) is 10.1. The molecule has 0 aliphatic heterocycles. The summed E-state index contributed by atoms with van der Waals surface area (Å²) in [5, 5.41) is 0. The summed E-state index contributed by atoms with van der Waals surface area (Å²) >= 11 is 0. The molecule has 0 aromatic rings. The predicted molar refractivity (Wildman–Crippen MR) is 65.3 cm³/mol. The molecule has 0 aromatic heterocycles. The lowest BCUT2D eigenvalue weighted by molar-refractivity contribution is -0.137. The molecule has 0 aliphatic rings. The molecule has 92 valence electrons. The van der Waals surface area contributed by atoms with Gasteiger partial charge in [0, 0.05) is 12.7 Å². The van der Waals surface area contributed by atoms with E-state index < -0.39 is 0 Å². The van der Waals surface area contributed by atoms with Gasteiger partial charge >= 0.3 is 5.97 Å². The molecular formula is C13H22O3. The van der Waals surface area contributed by atoms with Crippen molar-refractivity contribution in [3.63, 3.8) is 0 Å². The first-order valence-electron chi connectivity index (χ1n) is 5.79. The average Bonchev–Trinajstić information content (AvgIpc) is 2.31. The van der Waals surface area contributed by atoms with Crippen molar-refractivity contribution in [3.8, 4) is 0 Å². The van der Waals surface area contributed by atoms with Crippen molar-refractivity contribution in [1.82, 2.24) is 0 Å². The van der Waals surface area contributed by atoms with E-state index in [-0.39, 0.29) is 5.97 Å². The number of unbranched alkanes of at least 4 members (excludes halogenated alkanes) is 3. The van der Waals surface area contributed by atoms with Gasteiger partial charge in [-0.1, -0.05) is 25.2 Å². The highest BCUT2D eigenvalue weighted by Gasteiger charge is 1.95. The van der Waals surface area contributed by atoms with Crippen LogP contribution in [0, 0.1) is 0 Å². The topological polar surface area (TPSA) is 35.5 Å². The minimum atomic E-state index is -0.338. The molecule has 0 atom stereocenters. The summed E-state index contributed by atoms with van der Waals surface area (Å²) < 4.78 is 10.2. The monoisotopic (exact) mass is 226 g/mol. The van der Waals surface area contributed by atoms with Crippen molar-refractivity contribution in [2.75, 3.05) is 19.8 Å². The number of rotatable bonds is 10. The molecule has 0 unspecified atom stereocenters. The van der Waals surface area contributed by atoms with E-state index in [1.54, 1.807) is 0 Å². The van der Waals surface area contributed by atoms with Crippen LogP contribution in [0.15, 0.2) is 24.8 Å². The number of carbonyl (C=O) groups is 1. The van der Waals surface area contributed by atoms with Gasteiger partial charge in [0.05, 0.1) is 13.2 Å². The van der Waals surface area contributed by atoms with Crippen LogP contribution in [0.3, 0.4) is 0 Å². The Morgan fingerprint density at radius 2 is 1.88 bits per heavy atom. The summed E-state index contributed by atoms with van der Waals surface area (Å²) in [7, 11) is 0. The van der Waals surface area contributed by atoms with Crippen LogP contribution in [0.1, 0.15) is 32.6 Å². The van der Waals surface area contributed by atoms with E-state index in [0.717, 1.165) is 32.3 Å². The normalized spacial score (nSPS) is 10.6. The molecule has 0 aromatic carbocycles. The van der Waals surface area contributed by atoms with Gasteiger partial charge in [-0.3, -0.25) is 0 Å². The van der Waals surface area contributed by atoms with Crippen LogP contribution in [0.2, 0.25) is 0 Å². The van der Waals surface area contributed by atoms with E-state index in [2.05, 4.69) is 6.58 Å². The van der Waals surface area contributed by atoms with Crippen molar-refractivity contribution in [2.24, 2.45) is 0 Å². The number of allylic oxidation sites excluding steroid dienone is 1. The Balaban J connectivity index is 3.04. The Bertz CT molecular complexity index is 209. The lowest BCUT2D eigenvalue weighted by Gasteiger charge is -2.02. The van der Waals surface area contributed by atoms with Gasteiger partial charge < -0.3 is 9.47 Å². The van der Waals surface area contributed by atoms with Crippen LogP contribution in [-0.2, 0) is 14.3 Å². The minimum Gasteiger partial charge on any atom is -0.463 e. The second-order valence-corrected chi connectivity index (χ2v) is 3.43. The Kier molecular flexibility index (Phi) is 11.2. The first-order valence-corrected chi connectivity index (χ1v) is 5.79. The zero-order chi connectivity index (χ0) is 12.1. The molecule has 0 N–H and O–H groups in total. The largest absolute Gasteiger partial charge is 0.463 e. The van der Waals surface area contributed by atoms with Crippen molar-refractivity contribution in [2.45, 2.75) is 32.6 Å². The lowest BCUT2D eigenvalue weighted by atomic mass is 10.2. The highest BCUT2D eigenvalue weighted by molar-refractivity contribution is 5.81. The summed E-state index contributed by atoms with van der Waals surface area (Å²) in [5.74, 6) is -0.338. The molecule has 0 bridgehead atoms. The highest BCUT2D eigenvalue weighted by atomic mass is 16.5. The van der Waals surface area contributed by atoms with Crippen molar-refractivity contribution < 1.29 is 14.3 Å². The predicted octanol–water partition coefficient (Wildman–Crippen LogP) is 2.87. The Labute approximate surface area is 98.1 Å². The molecule has 0 rings (SSSR count). The van der Waals surface area contributed by atoms with Crippen LogP contribution in [0.5, 0.6) is 0 Å². The molecule has 3 nitrogen and oxygen atoms in total. The number of esters is 1. The SMILES string of the molecule is C=CC(=O)OCCCCCCOC/C=C\C. The second-order valence-electron chi connectivity index (χ2n) is 3.43. The van der Waals surface area contributed by atoms with Gasteiger partial charge in [-0.15, -0.1) is 0 Å². The van der Waals surface area contributed by atoms with E-state index >= 15 is 0 Å². The van der Waals surface area contributed by atoms with Crippen molar-refractivity contribution in [3.05, 3.63) is 24.8 Å². The van der Waals surface area contributed by atoms with E-state index in [0.29, 0.717) is 13.2 Å². The smallest absolute Gasteiger partial charge is 0.330 e. The molecule has 3 heteroatoms. The van der Waals surface area contributed by atoms with Crippen LogP contribution in [0.4, 0.5) is 0 Å². The number of hydrogen-bond donors (Lipinski definition) is 0. The average molecular weight is 226 g/mol. The molecule has 0 aliphatic carbocycles. The Morgan fingerprint density at radius 1 is 1.19 bits per heavy atom. The molecular weight excluding hydrogens is 204 g/mol. The maximum Gasteiger partial charge on any atom is 0.330 e. The van der Waals surface area contributed by atoms with E-state index in [1.165, 1.54) is 6.08 Å². The summed E-state index contributed by atoms with van der Waals surface area (Å²) in [6.45, 7) is 7.30. The van der Waals surface area contributed by atoms with Crippen molar-refractivity contribution in [1.29, 1.82) is 0 Å². The zero-order valence-corrected chi connectivity index (χ0v) is 10.1. The summed E-state index contributed by atoms with van der Waals surface area (Å²) in [6.07, 6.45) is 9.32. The fourth-order valence-electron chi connectivity index (χ4n) is 1.14. The van der Waals surface area contributed by atoms with E-state index in [9.17, 15) is 4.79 Å². The highest BCUT2D eigenvalue weighted by Crippen LogP contribution is 2.00. The summed E-state index contributed by atoms with van der Waals surface area (Å²) in [4.78, 5) is 10.7. The first kappa shape index (κ1) is 14.9. The molecule has 0 saturated carbocycles. The van der Waals surface area contributed by atoms with Crippen molar-refractivity contribution >= 4 is 5.97 Å². The van der Waals surface area contributed by atoms with Gasteiger partial charge in [0.1, 0.15) is 0 Å². The van der Waals surface area contributed by atoms with Gasteiger partial charge in [0.15, 0.2) is 0 Å². The first-order chi connectivity index (χ1) is 7.81. The standard InChI is InChI=1S/C13H22O3/c1-3-5-10-15-11-8-6-7-9-12-16-13(14)4-2/h3-5H,2,6-12H2,1H3/b5-3-. The number of ether oxygens (including phenoxy) is 2. The fourth-order valence-corrected chi connectivity index (χ4v) is 1.14. The maximum atomic E-state index is 10.7. The number of hydrogen-bond acceptors (Lipinski definition) is 3. The quantitative estimate of drug-likeness (QED) is 0.249. The van der Waals surface area contributed by atoms with Gasteiger partial charge in [-0.2, -0.15) is 0 Å². The molecule has 0 fully saturated rings. The fraction of sp³-hybridized carbons (Fsp3) is 0.615. The minimum absolute atomic E-state index is 0.338. The molecule has 0 spiro atoms. The van der Waals surface area contributed by atoms with E-state index in [1.807, 2.05) is 19.1 Å². The van der Waals surface area contributed by atoms with Crippen LogP contribution in [0.25, 0.3) is 0 Å². The molecule has 0 amide bonds. The summed E-state index contributed by atoms with van der Waals surface area (Å²) in [5.41, 5.74) is 0. The number of carbonyl (C=O) groups excluding carboxylic acids is 1. The Morgan fingerprint density at radius 3 is 2.50 bits per heavy atom. The van der Waals surface area contributed by atoms with Gasteiger partial charge in [-0.25, -0.2) is 4.79 Å². The van der Waals surface area contributed by atoms with Gasteiger partial charge in [-0.05, 0) is 26.2 Å². The maximum absolute atomic E-state index is 10.7. The Hall–Kier alpha value is -1.09. The van der Waals surface area contributed by atoms with Crippen LogP contribution >= 0.6 is 0 Å². The van der Waals surface area contributed by atoms with E-state index in [4.69, 9.17) is 9.47 Å². The van der Waals surface area contributed by atoms with Gasteiger partial charge in [0.2, 0.25) is 0 Å². The lowest BCUT2D eigenvalue weighted by Crippen LogP contribution is -2.01. The molecule has 0 radical (unpaired) electrons. The third kappa shape index (κ3) is 11.0. The van der Waals surface area contributed by atoms with Gasteiger partial charge in [0.25, 0.3) is 0 Å².